The van der Waals surface area contributed by atoms with Crippen molar-refractivity contribution >= 4 is 16.9 Å². The number of amides is 1. The molecule has 1 heterocycles. The monoisotopic (exact) mass is 266 g/mol. The predicted octanol–water partition coefficient (Wildman–Crippen LogP) is 1.81. The van der Waals surface area contributed by atoms with Gasteiger partial charge in [-0.15, -0.1) is 5.10 Å². The lowest BCUT2D eigenvalue weighted by atomic mass is 10.1. The molecule has 1 amide bonds. The van der Waals surface area contributed by atoms with E-state index in [-0.39, 0.29) is 0 Å². The Labute approximate surface area is 116 Å². The van der Waals surface area contributed by atoms with E-state index >= 15 is 0 Å². The zero-order valence-electron chi connectivity index (χ0n) is 11.0. The molecule has 0 aliphatic heterocycles. The summed E-state index contributed by atoms with van der Waals surface area (Å²) in [5, 5.41) is 8.21. The number of carbonyl (C=O) groups excluding carboxylic acids is 1. The molecule has 2 aromatic carbocycles. The number of nitrogens with two attached hydrogens (primary N) is 1. The highest BCUT2D eigenvalue weighted by Crippen LogP contribution is 2.22. The van der Waals surface area contributed by atoms with Crippen LogP contribution in [0.3, 0.4) is 0 Å². The van der Waals surface area contributed by atoms with Gasteiger partial charge < -0.3 is 5.73 Å². The van der Waals surface area contributed by atoms with Crippen molar-refractivity contribution in [3.63, 3.8) is 0 Å². The summed E-state index contributed by atoms with van der Waals surface area (Å²) in [4.78, 5) is 11.8. The first-order chi connectivity index (χ1) is 9.66. The molecule has 0 fully saturated rings. The van der Waals surface area contributed by atoms with Gasteiger partial charge in [-0.05, 0) is 30.2 Å². The smallest absolute Gasteiger partial charge is 0.246 e. The van der Waals surface area contributed by atoms with Crippen molar-refractivity contribution in [3.8, 4) is 0 Å². The zero-order valence-corrected chi connectivity index (χ0v) is 11.0. The van der Waals surface area contributed by atoms with Gasteiger partial charge in [-0.1, -0.05) is 41.6 Å². The van der Waals surface area contributed by atoms with E-state index in [4.69, 9.17) is 5.73 Å². The van der Waals surface area contributed by atoms with Crippen molar-refractivity contribution in [3.05, 3.63) is 59.7 Å². The fraction of sp³-hybridized carbons (Fsp3) is 0.133. The molecule has 20 heavy (non-hydrogen) atoms. The third-order valence-corrected chi connectivity index (χ3v) is 3.26. The van der Waals surface area contributed by atoms with E-state index in [0.29, 0.717) is 0 Å². The van der Waals surface area contributed by atoms with Crippen molar-refractivity contribution < 1.29 is 4.79 Å². The second kappa shape index (κ2) is 4.77. The minimum Gasteiger partial charge on any atom is -0.368 e. The highest BCUT2D eigenvalue weighted by molar-refractivity contribution is 5.84. The molecule has 0 spiro atoms. The third kappa shape index (κ3) is 2.03. The van der Waals surface area contributed by atoms with Crippen molar-refractivity contribution in [2.24, 2.45) is 5.73 Å². The average Bonchev–Trinajstić information content (AvgIpc) is 2.83. The number of benzene rings is 2. The molecular weight excluding hydrogens is 252 g/mol. The molecule has 0 saturated carbocycles. The summed E-state index contributed by atoms with van der Waals surface area (Å²) in [6.45, 7) is 1.99. The van der Waals surface area contributed by atoms with Crippen LogP contribution in [0.15, 0.2) is 48.5 Å². The summed E-state index contributed by atoms with van der Waals surface area (Å²) >= 11 is 0. The lowest BCUT2D eigenvalue weighted by Crippen LogP contribution is -2.28. The number of aromatic nitrogens is 3. The minimum atomic E-state index is -0.649. The molecule has 1 atom stereocenters. The number of hydrogen-bond acceptors (Lipinski definition) is 3. The van der Waals surface area contributed by atoms with Gasteiger partial charge >= 0.3 is 0 Å². The largest absolute Gasteiger partial charge is 0.368 e. The van der Waals surface area contributed by atoms with Crippen LogP contribution in [0, 0.1) is 6.92 Å². The van der Waals surface area contributed by atoms with Crippen LogP contribution < -0.4 is 5.73 Å². The number of aryl methyl sites for hydroxylation is 1. The summed E-state index contributed by atoms with van der Waals surface area (Å²) in [6.07, 6.45) is 0. The topological polar surface area (TPSA) is 73.8 Å². The fourth-order valence-corrected chi connectivity index (χ4v) is 2.30. The minimum absolute atomic E-state index is 0.455. The average molecular weight is 266 g/mol. The summed E-state index contributed by atoms with van der Waals surface area (Å²) < 4.78 is 1.58. The van der Waals surface area contributed by atoms with Gasteiger partial charge in [0.15, 0.2) is 6.04 Å². The fourth-order valence-electron chi connectivity index (χ4n) is 2.30. The summed E-state index contributed by atoms with van der Waals surface area (Å²) in [5.41, 5.74) is 9.00. The molecule has 5 nitrogen and oxygen atoms in total. The molecule has 0 saturated heterocycles. The Balaban J connectivity index is 2.18. The molecule has 100 valence electrons. The predicted molar refractivity (Wildman–Crippen MR) is 76.0 cm³/mol. The standard InChI is InChI=1S/C15H14N4O/c1-10-7-8-13-12(9-10)17-18-19(13)14(15(16)20)11-5-3-2-4-6-11/h2-9,14H,1H3,(H2,16,20)/t14-/m1/s1. The number of primary amides is 1. The molecule has 0 radical (unpaired) electrons. The Hall–Kier alpha value is -2.69. The van der Waals surface area contributed by atoms with Crippen LogP contribution in [-0.2, 0) is 4.79 Å². The van der Waals surface area contributed by atoms with Crippen LogP contribution in [0.25, 0.3) is 11.0 Å². The van der Waals surface area contributed by atoms with E-state index in [1.54, 1.807) is 4.68 Å². The molecule has 0 aliphatic carbocycles. The highest BCUT2D eigenvalue weighted by Gasteiger charge is 2.23. The number of fused-ring (bicyclic) bond motifs is 1. The van der Waals surface area contributed by atoms with Gasteiger partial charge in [0.1, 0.15) is 5.52 Å². The first-order valence-corrected chi connectivity index (χ1v) is 6.32. The quantitative estimate of drug-likeness (QED) is 0.785. The van der Waals surface area contributed by atoms with Crippen LogP contribution in [0.4, 0.5) is 0 Å². The molecule has 0 aliphatic rings. The molecule has 1 aromatic heterocycles. The summed E-state index contributed by atoms with van der Waals surface area (Å²) in [6, 6.07) is 14.5. The Morgan fingerprint density at radius 1 is 1.20 bits per heavy atom. The van der Waals surface area contributed by atoms with Crippen LogP contribution in [-0.4, -0.2) is 20.9 Å². The zero-order chi connectivity index (χ0) is 14.1. The normalized spacial score (nSPS) is 12.4. The first-order valence-electron chi connectivity index (χ1n) is 6.32. The number of carbonyl (C=O) groups is 1. The molecule has 5 heteroatoms. The van der Waals surface area contributed by atoms with Crippen LogP contribution in [0.2, 0.25) is 0 Å². The van der Waals surface area contributed by atoms with E-state index in [1.807, 2.05) is 55.5 Å². The van der Waals surface area contributed by atoms with Gasteiger partial charge in [0.05, 0.1) is 5.52 Å². The van der Waals surface area contributed by atoms with Gasteiger partial charge in [0.25, 0.3) is 0 Å². The number of hydrogen-bond donors (Lipinski definition) is 1. The summed E-state index contributed by atoms with van der Waals surface area (Å²) in [5.74, 6) is -0.455. The van der Waals surface area contributed by atoms with Gasteiger partial charge in [-0.3, -0.25) is 4.79 Å². The Morgan fingerprint density at radius 2 is 1.95 bits per heavy atom. The van der Waals surface area contributed by atoms with Gasteiger partial charge in [-0.2, -0.15) is 0 Å². The highest BCUT2D eigenvalue weighted by atomic mass is 16.1. The second-order valence-electron chi connectivity index (χ2n) is 4.74. The Kier molecular flexibility index (Phi) is 2.95. The lowest BCUT2D eigenvalue weighted by molar-refractivity contribution is -0.120. The maximum absolute atomic E-state index is 11.8. The van der Waals surface area contributed by atoms with Crippen LogP contribution >= 0.6 is 0 Å². The maximum atomic E-state index is 11.8. The van der Waals surface area contributed by atoms with Crippen molar-refractivity contribution in [2.75, 3.05) is 0 Å². The van der Waals surface area contributed by atoms with Gasteiger partial charge in [0.2, 0.25) is 5.91 Å². The molecule has 0 unspecified atom stereocenters. The molecule has 2 N–H and O–H groups in total. The van der Waals surface area contributed by atoms with E-state index in [2.05, 4.69) is 10.3 Å². The van der Waals surface area contributed by atoms with Gasteiger partial charge in [0, 0.05) is 0 Å². The number of rotatable bonds is 3. The van der Waals surface area contributed by atoms with E-state index in [1.165, 1.54) is 0 Å². The molecular formula is C15H14N4O. The van der Waals surface area contributed by atoms with Crippen molar-refractivity contribution in [1.29, 1.82) is 0 Å². The maximum Gasteiger partial charge on any atom is 0.246 e. The van der Waals surface area contributed by atoms with Gasteiger partial charge in [-0.25, -0.2) is 4.68 Å². The van der Waals surface area contributed by atoms with E-state index in [0.717, 1.165) is 22.2 Å². The SMILES string of the molecule is Cc1ccc2c(c1)nnn2[C@@H](C(N)=O)c1ccccc1. The van der Waals surface area contributed by atoms with E-state index in [9.17, 15) is 4.79 Å². The first kappa shape index (κ1) is 12.3. The Morgan fingerprint density at radius 3 is 2.65 bits per heavy atom. The number of nitrogens with zero attached hydrogens (tertiary/aromatic N) is 3. The summed E-state index contributed by atoms with van der Waals surface area (Å²) in [7, 11) is 0. The van der Waals surface area contributed by atoms with Crippen LogP contribution in [0.1, 0.15) is 17.2 Å². The van der Waals surface area contributed by atoms with Crippen molar-refractivity contribution in [2.45, 2.75) is 13.0 Å². The van der Waals surface area contributed by atoms with Crippen molar-refractivity contribution in [1.82, 2.24) is 15.0 Å². The van der Waals surface area contributed by atoms with Crippen LogP contribution in [0.5, 0.6) is 0 Å². The van der Waals surface area contributed by atoms with E-state index < -0.39 is 11.9 Å². The molecule has 3 rings (SSSR count). The molecule has 3 aromatic rings. The Bertz CT molecular complexity index is 764. The lowest BCUT2D eigenvalue weighted by Gasteiger charge is -2.14. The second-order valence-corrected chi connectivity index (χ2v) is 4.74. The third-order valence-electron chi connectivity index (χ3n) is 3.26. The molecule has 0 bridgehead atoms.